The van der Waals surface area contributed by atoms with Gasteiger partial charge in [-0.05, 0) is 53.6 Å². The highest BCUT2D eigenvalue weighted by Gasteiger charge is 2.59. The number of esters is 6. The molecule has 2 saturated heterocycles. The number of benzene rings is 4. The topological polar surface area (TPSA) is 241 Å². The van der Waals surface area contributed by atoms with E-state index in [-0.39, 0.29) is 24.2 Å². The number of nitrogens with one attached hydrogen (secondary N) is 1. The summed E-state index contributed by atoms with van der Waals surface area (Å²) in [4.78, 5) is 107. The second-order valence-electron chi connectivity index (χ2n) is 16.1. The Kier molecular flexibility index (Phi) is 20.6. The highest BCUT2D eigenvalue weighted by Crippen LogP contribution is 2.37. The van der Waals surface area contributed by atoms with E-state index in [0.29, 0.717) is 5.56 Å². The van der Waals surface area contributed by atoms with Gasteiger partial charge in [-0.2, -0.15) is 0 Å². The number of carbonyl (C=O) groups is 8. The second-order valence-corrected chi connectivity index (χ2v) is 18.9. The Morgan fingerprint density at radius 1 is 0.616 bits per heavy atom. The SMILES string of the molecule is COC(=O)[C@H]1O[C@@H](O[C@@H]2[C@@H](NC(=O)C(Cl)(Cl)Cl)[C@H](OCc3ccc4ccccc4c3)O[C@H](COC(=O)CCl)[C@H]2OC(=O)CCl)[C@H](OC(=O)c2ccccc2)[C@@H](OC(=O)c2ccccc2)[C@@H]1OC(=O)CCC(C)=O. The van der Waals surface area contributed by atoms with Crippen molar-refractivity contribution in [1.29, 1.82) is 0 Å². The molecule has 1 N–H and O–H groups in total. The van der Waals surface area contributed by atoms with Crippen LogP contribution < -0.4 is 5.32 Å². The van der Waals surface area contributed by atoms with Crippen LogP contribution in [0.2, 0.25) is 0 Å². The maximum atomic E-state index is 14.2. The van der Waals surface area contributed by atoms with E-state index in [1.54, 1.807) is 24.3 Å². The lowest BCUT2D eigenvalue weighted by molar-refractivity contribution is -0.341. The van der Waals surface area contributed by atoms with Crippen LogP contribution in [-0.2, 0) is 82.7 Å². The maximum Gasteiger partial charge on any atom is 0.339 e. The number of ketones is 1. The Morgan fingerprint density at radius 2 is 1.21 bits per heavy atom. The lowest BCUT2D eigenvalue weighted by Crippen LogP contribution is -2.70. The predicted octanol–water partition coefficient (Wildman–Crippen LogP) is 5.88. The summed E-state index contributed by atoms with van der Waals surface area (Å²) in [6.07, 6.45) is -18.5. The first-order valence-electron chi connectivity index (χ1n) is 22.1. The molecule has 0 aliphatic carbocycles. The van der Waals surface area contributed by atoms with Crippen LogP contribution in [0.1, 0.15) is 46.0 Å². The molecule has 2 fully saturated rings. The van der Waals surface area contributed by atoms with E-state index in [1.165, 1.54) is 55.5 Å². The van der Waals surface area contributed by atoms with Crippen LogP contribution >= 0.6 is 58.0 Å². The summed E-state index contributed by atoms with van der Waals surface area (Å²) in [5, 5.41) is 4.20. The molecule has 390 valence electrons. The first kappa shape index (κ1) is 56.7. The van der Waals surface area contributed by atoms with Gasteiger partial charge in [-0.15, -0.1) is 23.2 Å². The molecule has 0 bridgehead atoms. The molecule has 2 aliphatic heterocycles. The van der Waals surface area contributed by atoms with Crippen molar-refractivity contribution >= 4 is 116 Å². The minimum Gasteiger partial charge on any atom is -0.467 e. The number of alkyl halides is 5. The van der Waals surface area contributed by atoms with Crippen molar-refractivity contribution in [3.8, 4) is 0 Å². The number of amides is 1. The third-order valence-corrected chi connectivity index (χ3v) is 11.9. The number of rotatable bonds is 20. The van der Waals surface area contributed by atoms with E-state index < -0.39 is 137 Å². The zero-order valence-corrected chi connectivity index (χ0v) is 42.3. The fraction of sp³-hybridized carbons (Fsp3) is 0.388. The molecule has 0 aromatic heterocycles. The molecule has 4 aromatic carbocycles. The summed E-state index contributed by atoms with van der Waals surface area (Å²) in [7, 11) is 0.954. The van der Waals surface area contributed by atoms with E-state index in [4.69, 9.17) is 105 Å². The van der Waals surface area contributed by atoms with Gasteiger partial charge in [0, 0.05) is 6.42 Å². The monoisotopic (exact) mass is 1110 g/mol. The lowest BCUT2D eigenvalue weighted by atomic mass is 9.94. The van der Waals surface area contributed by atoms with Crippen LogP contribution in [0.5, 0.6) is 0 Å². The fourth-order valence-corrected chi connectivity index (χ4v) is 7.87. The number of hydrogen-bond donors (Lipinski definition) is 1. The van der Waals surface area contributed by atoms with Gasteiger partial charge in [0.2, 0.25) is 0 Å². The highest BCUT2D eigenvalue weighted by molar-refractivity contribution is 6.76. The van der Waals surface area contributed by atoms with Crippen LogP contribution in [0.4, 0.5) is 0 Å². The van der Waals surface area contributed by atoms with Gasteiger partial charge in [-0.1, -0.05) is 108 Å². The van der Waals surface area contributed by atoms with E-state index in [1.807, 2.05) is 30.3 Å². The van der Waals surface area contributed by atoms with Gasteiger partial charge in [0.1, 0.15) is 42.4 Å². The summed E-state index contributed by atoms with van der Waals surface area (Å²) in [6.45, 7) is 0.214. The molecule has 73 heavy (non-hydrogen) atoms. The van der Waals surface area contributed by atoms with Gasteiger partial charge in [0.15, 0.2) is 43.1 Å². The molecule has 4 aromatic rings. The summed E-state index contributed by atoms with van der Waals surface area (Å²) >= 11 is 30.0. The minimum absolute atomic E-state index is 0.0661. The van der Waals surface area contributed by atoms with Crippen molar-refractivity contribution in [3.63, 3.8) is 0 Å². The molecule has 2 aliphatic rings. The number of ether oxygens (including phenoxy) is 10. The van der Waals surface area contributed by atoms with Crippen molar-refractivity contribution in [2.75, 3.05) is 25.5 Å². The van der Waals surface area contributed by atoms with Gasteiger partial charge >= 0.3 is 35.8 Å². The van der Waals surface area contributed by atoms with Gasteiger partial charge in [-0.25, -0.2) is 14.4 Å². The Balaban J connectivity index is 1.53. The van der Waals surface area contributed by atoms with E-state index in [9.17, 15) is 38.4 Å². The number of fused-ring (bicyclic) bond motifs is 1. The molecule has 0 saturated carbocycles. The first-order chi connectivity index (χ1) is 34.9. The largest absolute Gasteiger partial charge is 0.467 e. The van der Waals surface area contributed by atoms with Crippen LogP contribution in [0.25, 0.3) is 10.8 Å². The van der Waals surface area contributed by atoms with Crippen molar-refractivity contribution < 1.29 is 85.7 Å². The van der Waals surface area contributed by atoms with Crippen molar-refractivity contribution in [1.82, 2.24) is 5.32 Å². The molecule has 0 spiro atoms. The Hall–Kier alpha value is -5.61. The molecule has 19 nitrogen and oxygen atoms in total. The minimum atomic E-state index is -2.70. The molecule has 2 heterocycles. The van der Waals surface area contributed by atoms with Crippen molar-refractivity contribution in [2.45, 2.75) is 91.5 Å². The van der Waals surface area contributed by atoms with E-state index in [2.05, 4.69) is 5.32 Å². The lowest BCUT2D eigenvalue weighted by Gasteiger charge is -2.49. The van der Waals surface area contributed by atoms with Crippen LogP contribution in [-0.4, -0.2) is 138 Å². The zero-order chi connectivity index (χ0) is 52.8. The van der Waals surface area contributed by atoms with Crippen LogP contribution in [0.3, 0.4) is 0 Å². The van der Waals surface area contributed by atoms with Crippen LogP contribution in [0.15, 0.2) is 103 Å². The molecule has 0 radical (unpaired) electrons. The van der Waals surface area contributed by atoms with Crippen molar-refractivity contribution in [2.24, 2.45) is 0 Å². The highest BCUT2D eigenvalue weighted by atomic mass is 35.6. The average Bonchev–Trinajstić information content (AvgIpc) is 3.39. The van der Waals surface area contributed by atoms with Gasteiger partial charge in [0.05, 0.1) is 31.3 Å². The third-order valence-electron chi connectivity index (χ3n) is 11.0. The summed E-state index contributed by atoms with van der Waals surface area (Å²) < 4.78 is 56.9. The van der Waals surface area contributed by atoms with E-state index in [0.717, 1.165) is 17.9 Å². The van der Waals surface area contributed by atoms with Crippen LogP contribution in [0, 0.1) is 0 Å². The fourth-order valence-electron chi connectivity index (χ4n) is 7.56. The molecular formula is C49H46Cl5NO18. The smallest absolute Gasteiger partial charge is 0.339 e. The number of carbonyl (C=O) groups excluding carboxylic acids is 8. The van der Waals surface area contributed by atoms with Gasteiger partial charge < -0.3 is 57.5 Å². The summed E-state index contributed by atoms with van der Waals surface area (Å²) in [5.41, 5.74) is 0.433. The standard InChI is InChI=1S/C49H46Cl5NO18/c1-26(56)17-20-33(57)68-39-40(70-43(60)29-12-5-3-6-13-29)42(71-44(61)30-14-7-4-8-15-30)47(73-41(39)45(62)64-2)72-38-36(55-48(63)49(52,53)54)46(66-24-27-18-19-28-11-9-10-16-31(28)21-27)67-32(25-65-34(58)22-50)37(38)69-35(59)23-51/h3-16,18-19,21,32,36-42,46-47H,17,20,22-25H2,1-2H3,(H,55,63)/t32-,36-,37-,38-,39+,40+,41+,42-,46-,47-/m1/s1. The second kappa shape index (κ2) is 26.6. The number of hydrogen-bond acceptors (Lipinski definition) is 18. The van der Waals surface area contributed by atoms with Gasteiger partial charge in [0.25, 0.3) is 9.70 Å². The predicted molar refractivity (Wildman–Crippen MR) is 259 cm³/mol. The zero-order valence-electron chi connectivity index (χ0n) is 38.6. The summed E-state index contributed by atoms with van der Waals surface area (Å²) in [5.74, 6) is -9.78. The Morgan fingerprint density at radius 3 is 1.79 bits per heavy atom. The Bertz CT molecular complexity index is 2600. The summed E-state index contributed by atoms with van der Waals surface area (Å²) in [6, 6.07) is 25.7. The molecule has 0 unspecified atom stereocenters. The number of methoxy groups -OCH3 is 1. The first-order valence-corrected chi connectivity index (χ1v) is 24.3. The quantitative estimate of drug-likeness (QED) is 0.0617. The molecule has 10 atom stereocenters. The molecule has 1 amide bonds. The Labute approximate surface area is 442 Å². The normalized spacial score (nSPS) is 23.8. The van der Waals surface area contributed by atoms with Crippen molar-refractivity contribution in [3.05, 3.63) is 120 Å². The molecule has 24 heteroatoms. The average molecular weight is 1110 g/mol. The third kappa shape index (κ3) is 15.5. The molecular weight excluding hydrogens is 1070 g/mol. The molecule has 6 rings (SSSR count). The maximum absolute atomic E-state index is 14.2. The van der Waals surface area contributed by atoms with Gasteiger partial charge in [-0.3, -0.25) is 19.2 Å². The number of Topliss-reactive ketones (excluding diaryl/α,β-unsaturated/α-hetero) is 1. The van der Waals surface area contributed by atoms with E-state index >= 15 is 0 Å². The number of halogens is 5.